The minimum atomic E-state index is -0.126. The van der Waals surface area contributed by atoms with Crippen LogP contribution in [-0.2, 0) is 19.1 Å². The number of carbonyl (C=O) groups excluding carboxylic acids is 2. The fraction of sp³-hybridized carbons (Fsp3) is 0.417. The van der Waals surface area contributed by atoms with E-state index in [0.29, 0.717) is 33.3 Å². The molecule has 2 aliphatic carbocycles. The molecule has 0 spiro atoms. The SMILES string of the molecule is CCOC(=O)C1CC1c1ccc(Cl)cc1Cl.CCOC(=O)C1CC1c1ccc(Cl)cc1Cl. The van der Waals surface area contributed by atoms with Crippen LogP contribution in [0.25, 0.3) is 0 Å². The molecule has 4 rings (SSSR count). The molecule has 0 saturated heterocycles. The van der Waals surface area contributed by atoms with Gasteiger partial charge in [-0.25, -0.2) is 0 Å². The molecule has 32 heavy (non-hydrogen) atoms. The molecule has 0 N–H and O–H groups in total. The summed E-state index contributed by atoms with van der Waals surface area (Å²) in [6.45, 7) is 4.47. The first-order valence-electron chi connectivity index (χ1n) is 10.5. The van der Waals surface area contributed by atoms with Gasteiger partial charge in [0.2, 0.25) is 0 Å². The second-order valence-electron chi connectivity index (χ2n) is 7.73. The average Bonchev–Trinajstić information content (AvgIpc) is 3.63. The van der Waals surface area contributed by atoms with Gasteiger partial charge in [0, 0.05) is 20.1 Å². The van der Waals surface area contributed by atoms with Crippen LogP contribution in [0.5, 0.6) is 0 Å². The van der Waals surface area contributed by atoms with Crippen LogP contribution in [0.15, 0.2) is 36.4 Å². The number of rotatable bonds is 6. The van der Waals surface area contributed by atoms with Gasteiger partial charge in [-0.15, -0.1) is 0 Å². The number of ether oxygens (including phenoxy) is 2. The predicted octanol–water partition coefficient (Wildman–Crippen LogP) is 7.32. The van der Waals surface area contributed by atoms with Gasteiger partial charge in [0.15, 0.2) is 0 Å². The van der Waals surface area contributed by atoms with Gasteiger partial charge < -0.3 is 9.47 Å². The maximum Gasteiger partial charge on any atom is 0.309 e. The molecule has 4 atom stereocenters. The van der Waals surface area contributed by atoms with Crippen LogP contribution in [-0.4, -0.2) is 25.2 Å². The normalized spacial score (nSPS) is 22.9. The molecular weight excluding hydrogens is 494 g/mol. The van der Waals surface area contributed by atoms with Crippen LogP contribution in [0, 0.1) is 11.8 Å². The van der Waals surface area contributed by atoms with E-state index in [2.05, 4.69) is 0 Å². The highest BCUT2D eigenvalue weighted by molar-refractivity contribution is 6.35. The molecule has 0 radical (unpaired) electrons. The van der Waals surface area contributed by atoms with Gasteiger partial charge in [0.05, 0.1) is 25.0 Å². The van der Waals surface area contributed by atoms with Gasteiger partial charge in [-0.05, 0) is 73.9 Å². The van der Waals surface area contributed by atoms with Crippen molar-refractivity contribution < 1.29 is 19.1 Å². The summed E-state index contributed by atoms with van der Waals surface area (Å²) >= 11 is 23.8. The van der Waals surface area contributed by atoms with Gasteiger partial charge in [-0.3, -0.25) is 9.59 Å². The van der Waals surface area contributed by atoms with Crippen molar-refractivity contribution in [2.75, 3.05) is 13.2 Å². The second-order valence-corrected chi connectivity index (χ2v) is 9.42. The van der Waals surface area contributed by atoms with E-state index in [-0.39, 0.29) is 35.6 Å². The Morgan fingerprint density at radius 2 is 1.12 bits per heavy atom. The Morgan fingerprint density at radius 3 is 1.44 bits per heavy atom. The molecule has 4 unspecified atom stereocenters. The quantitative estimate of drug-likeness (QED) is 0.376. The monoisotopic (exact) mass is 516 g/mol. The lowest BCUT2D eigenvalue weighted by Gasteiger charge is -2.04. The van der Waals surface area contributed by atoms with E-state index in [1.54, 1.807) is 24.3 Å². The largest absolute Gasteiger partial charge is 0.466 e. The van der Waals surface area contributed by atoms with E-state index in [0.717, 1.165) is 24.0 Å². The molecular formula is C24H24Cl4O4. The first-order chi connectivity index (χ1) is 15.3. The van der Waals surface area contributed by atoms with E-state index in [1.165, 1.54) is 0 Å². The summed E-state index contributed by atoms with van der Waals surface area (Å²) in [5.74, 6) is 0.0851. The van der Waals surface area contributed by atoms with Crippen molar-refractivity contribution >= 4 is 58.3 Å². The Balaban J connectivity index is 0.000000181. The highest BCUT2D eigenvalue weighted by Crippen LogP contribution is 2.51. The molecule has 2 saturated carbocycles. The van der Waals surface area contributed by atoms with E-state index >= 15 is 0 Å². The third-order valence-corrected chi connectivity index (χ3v) is 6.61. The van der Waals surface area contributed by atoms with Crippen LogP contribution >= 0.6 is 46.4 Å². The maximum absolute atomic E-state index is 11.5. The minimum Gasteiger partial charge on any atom is -0.466 e. The summed E-state index contributed by atoms with van der Waals surface area (Å²) < 4.78 is 9.95. The molecule has 2 aromatic rings. The molecule has 2 fully saturated rings. The molecule has 2 aliphatic rings. The lowest BCUT2D eigenvalue weighted by atomic mass is 10.1. The number of esters is 2. The molecule has 0 aliphatic heterocycles. The summed E-state index contributed by atoms with van der Waals surface area (Å²) in [6, 6.07) is 10.8. The van der Waals surface area contributed by atoms with Gasteiger partial charge in [0.25, 0.3) is 0 Å². The number of benzene rings is 2. The first kappa shape index (κ1) is 25.2. The number of carbonyl (C=O) groups is 2. The lowest BCUT2D eigenvalue weighted by molar-refractivity contribution is -0.145. The Bertz CT molecular complexity index is 914. The Hall–Kier alpha value is -1.46. The summed E-state index contributed by atoms with van der Waals surface area (Å²) in [5, 5.41) is 2.48. The highest BCUT2D eigenvalue weighted by atomic mass is 35.5. The molecule has 8 heteroatoms. The second kappa shape index (κ2) is 11.1. The summed E-state index contributed by atoms with van der Waals surface area (Å²) in [7, 11) is 0. The van der Waals surface area contributed by atoms with Crippen LogP contribution in [0.2, 0.25) is 20.1 Å². The van der Waals surface area contributed by atoms with Gasteiger partial charge in [-0.2, -0.15) is 0 Å². The first-order valence-corrected chi connectivity index (χ1v) is 12.0. The van der Waals surface area contributed by atoms with Crippen molar-refractivity contribution in [1.82, 2.24) is 0 Å². The molecule has 0 amide bonds. The lowest BCUT2D eigenvalue weighted by Crippen LogP contribution is -2.07. The molecule has 0 aromatic heterocycles. The standard InChI is InChI=1S/2C12H12Cl2O2/c2*1-2-16-12(15)10-6-9(10)8-4-3-7(13)5-11(8)14/h2*3-5,9-10H,2,6H2,1H3. The van der Waals surface area contributed by atoms with Gasteiger partial charge in [-0.1, -0.05) is 58.5 Å². The summed E-state index contributed by atoms with van der Waals surface area (Å²) in [5.41, 5.74) is 1.98. The highest BCUT2D eigenvalue weighted by Gasteiger charge is 2.46. The summed E-state index contributed by atoms with van der Waals surface area (Å²) in [6.07, 6.45) is 1.64. The van der Waals surface area contributed by atoms with Crippen molar-refractivity contribution in [1.29, 1.82) is 0 Å². The Morgan fingerprint density at radius 1 is 0.750 bits per heavy atom. The smallest absolute Gasteiger partial charge is 0.309 e. The fourth-order valence-electron chi connectivity index (χ4n) is 3.70. The van der Waals surface area contributed by atoms with Crippen LogP contribution in [0.4, 0.5) is 0 Å². The van der Waals surface area contributed by atoms with E-state index in [4.69, 9.17) is 55.9 Å². The predicted molar refractivity (Wildman–Crippen MR) is 128 cm³/mol. The topological polar surface area (TPSA) is 52.6 Å². The number of hydrogen-bond acceptors (Lipinski definition) is 4. The molecule has 172 valence electrons. The molecule has 4 nitrogen and oxygen atoms in total. The molecule has 0 heterocycles. The number of hydrogen-bond donors (Lipinski definition) is 0. The third kappa shape index (κ3) is 6.32. The van der Waals surface area contributed by atoms with Crippen molar-refractivity contribution in [3.63, 3.8) is 0 Å². The van der Waals surface area contributed by atoms with Crippen LogP contribution in [0.3, 0.4) is 0 Å². The van der Waals surface area contributed by atoms with E-state index in [1.807, 2.05) is 26.0 Å². The zero-order chi connectivity index (χ0) is 23.4. The van der Waals surface area contributed by atoms with Crippen LogP contribution < -0.4 is 0 Å². The van der Waals surface area contributed by atoms with Crippen molar-refractivity contribution in [3.8, 4) is 0 Å². The third-order valence-electron chi connectivity index (χ3n) is 5.48. The van der Waals surface area contributed by atoms with Crippen molar-refractivity contribution in [2.24, 2.45) is 11.8 Å². The van der Waals surface area contributed by atoms with Crippen molar-refractivity contribution in [2.45, 2.75) is 38.5 Å². The fourth-order valence-corrected chi connectivity index (χ4v) is 4.80. The zero-order valence-corrected chi connectivity index (χ0v) is 20.8. The maximum atomic E-state index is 11.5. The van der Waals surface area contributed by atoms with Crippen molar-refractivity contribution in [3.05, 3.63) is 67.6 Å². The molecule has 2 aromatic carbocycles. The van der Waals surface area contributed by atoms with E-state index < -0.39 is 0 Å². The van der Waals surface area contributed by atoms with Gasteiger partial charge in [0.1, 0.15) is 0 Å². The van der Waals surface area contributed by atoms with Crippen LogP contribution in [0.1, 0.15) is 49.7 Å². The molecule has 0 bridgehead atoms. The Kier molecular flexibility index (Phi) is 8.74. The summed E-state index contributed by atoms with van der Waals surface area (Å²) in [4.78, 5) is 23.0. The van der Waals surface area contributed by atoms with E-state index in [9.17, 15) is 9.59 Å². The minimum absolute atomic E-state index is 0.0291. The zero-order valence-electron chi connectivity index (χ0n) is 17.7. The Labute approximate surface area is 208 Å². The number of halogens is 4. The average molecular weight is 518 g/mol. The van der Waals surface area contributed by atoms with Gasteiger partial charge >= 0.3 is 11.9 Å².